The summed E-state index contributed by atoms with van der Waals surface area (Å²) in [6, 6.07) is 7.00. The Morgan fingerprint density at radius 1 is 1.41 bits per heavy atom. The molecule has 0 aromatic heterocycles. The number of rotatable bonds is 5. The number of carbonyl (C=O) groups excluding carboxylic acids is 1. The van der Waals surface area contributed by atoms with Gasteiger partial charge in [-0.05, 0) is 31.5 Å². The third-order valence-electron chi connectivity index (χ3n) is 2.21. The first-order chi connectivity index (χ1) is 8.02. The molecule has 0 amide bonds. The SMILES string of the molecule is COc1cccc(C(O)CC(=O)OC(C)C)c1. The molecule has 0 saturated heterocycles. The molecule has 0 aliphatic carbocycles. The van der Waals surface area contributed by atoms with Gasteiger partial charge in [0.15, 0.2) is 0 Å². The van der Waals surface area contributed by atoms with Crippen molar-refractivity contribution < 1.29 is 19.4 Å². The number of ether oxygens (including phenoxy) is 2. The van der Waals surface area contributed by atoms with E-state index < -0.39 is 12.1 Å². The zero-order valence-corrected chi connectivity index (χ0v) is 10.3. The highest BCUT2D eigenvalue weighted by atomic mass is 16.5. The van der Waals surface area contributed by atoms with Gasteiger partial charge in [0.25, 0.3) is 0 Å². The van der Waals surface area contributed by atoms with Gasteiger partial charge >= 0.3 is 5.97 Å². The van der Waals surface area contributed by atoms with Crippen LogP contribution in [0.1, 0.15) is 31.9 Å². The lowest BCUT2D eigenvalue weighted by Crippen LogP contribution is -2.14. The Morgan fingerprint density at radius 3 is 2.71 bits per heavy atom. The molecule has 1 unspecified atom stereocenters. The Hall–Kier alpha value is -1.55. The molecule has 1 atom stereocenters. The van der Waals surface area contributed by atoms with Crippen molar-refractivity contribution in [1.29, 1.82) is 0 Å². The van der Waals surface area contributed by atoms with Crippen molar-refractivity contribution in [3.8, 4) is 5.75 Å². The maximum Gasteiger partial charge on any atom is 0.309 e. The van der Waals surface area contributed by atoms with Crippen molar-refractivity contribution in [3.63, 3.8) is 0 Å². The molecule has 0 aliphatic rings. The van der Waals surface area contributed by atoms with E-state index in [0.29, 0.717) is 11.3 Å². The number of benzene rings is 1. The third kappa shape index (κ3) is 4.44. The summed E-state index contributed by atoms with van der Waals surface area (Å²) >= 11 is 0. The first-order valence-corrected chi connectivity index (χ1v) is 5.54. The molecule has 0 saturated carbocycles. The molecule has 1 rings (SSSR count). The molecule has 0 heterocycles. The Balaban J connectivity index is 2.62. The van der Waals surface area contributed by atoms with Gasteiger partial charge in [-0.15, -0.1) is 0 Å². The molecule has 4 heteroatoms. The van der Waals surface area contributed by atoms with Crippen LogP contribution in [-0.4, -0.2) is 24.3 Å². The smallest absolute Gasteiger partial charge is 0.309 e. The standard InChI is InChI=1S/C13H18O4/c1-9(2)17-13(15)8-12(14)10-5-4-6-11(7-10)16-3/h4-7,9,12,14H,8H2,1-3H3. The van der Waals surface area contributed by atoms with Crippen LogP contribution < -0.4 is 4.74 Å². The summed E-state index contributed by atoms with van der Waals surface area (Å²) in [5.74, 6) is 0.245. The highest BCUT2D eigenvalue weighted by Crippen LogP contribution is 2.21. The minimum absolute atomic E-state index is 0.0503. The van der Waals surface area contributed by atoms with E-state index in [1.54, 1.807) is 45.2 Å². The van der Waals surface area contributed by atoms with Crippen molar-refractivity contribution in [3.05, 3.63) is 29.8 Å². The molecule has 0 radical (unpaired) electrons. The molecular formula is C13H18O4. The summed E-state index contributed by atoms with van der Waals surface area (Å²) < 4.78 is 10.0. The molecule has 1 N–H and O–H groups in total. The van der Waals surface area contributed by atoms with E-state index in [-0.39, 0.29) is 12.5 Å². The van der Waals surface area contributed by atoms with Crippen LogP contribution in [0.4, 0.5) is 0 Å². The lowest BCUT2D eigenvalue weighted by molar-refractivity contribution is -0.149. The van der Waals surface area contributed by atoms with Gasteiger partial charge in [-0.3, -0.25) is 4.79 Å². The second-order valence-corrected chi connectivity index (χ2v) is 4.04. The second kappa shape index (κ2) is 6.25. The summed E-state index contributed by atoms with van der Waals surface area (Å²) in [6.07, 6.45) is -1.08. The third-order valence-corrected chi connectivity index (χ3v) is 2.21. The zero-order valence-electron chi connectivity index (χ0n) is 10.3. The van der Waals surface area contributed by atoms with Gasteiger partial charge in [0, 0.05) is 0 Å². The predicted octanol–water partition coefficient (Wildman–Crippen LogP) is 2.07. The van der Waals surface area contributed by atoms with Crippen molar-refractivity contribution in [1.82, 2.24) is 0 Å². The normalized spacial score (nSPS) is 12.3. The number of aliphatic hydroxyl groups is 1. The highest BCUT2D eigenvalue weighted by molar-refractivity contribution is 5.70. The van der Waals surface area contributed by atoms with Gasteiger partial charge in [-0.2, -0.15) is 0 Å². The van der Waals surface area contributed by atoms with Gasteiger partial charge in [-0.25, -0.2) is 0 Å². The Morgan fingerprint density at radius 2 is 2.12 bits per heavy atom. The topological polar surface area (TPSA) is 55.8 Å². The first-order valence-electron chi connectivity index (χ1n) is 5.54. The van der Waals surface area contributed by atoms with Crippen molar-refractivity contribution in [2.24, 2.45) is 0 Å². The molecule has 1 aromatic rings. The summed E-state index contributed by atoms with van der Waals surface area (Å²) in [5.41, 5.74) is 0.644. The largest absolute Gasteiger partial charge is 0.497 e. The molecule has 4 nitrogen and oxygen atoms in total. The summed E-state index contributed by atoms with van der Waals surface area (Å²) in [4.78, 5) is 11.4. The molecule has 17 heavy (non-hydrogen) atoms. The van der Waals surface area contributed by atoms with E-state index >= 15 is 0 Å². The van der Waals surface area contributed by atoms with E-state index in [4.69, 9.17) is 9.47 Å². The van der Waals surface area contributed by atoms with E-state index in [1.807, 2.05) is 0 Å². The molecule has 1 aromatic carbocycles. The number of hydrogen-bond donors (Lipinski definition) is 1. The Kier molecular flexibility index (Phi) is 4.97. The lowest BCUT2D eigenvalue weighted by atomic mass is 10.1. The van der Waals surface area contributed by atoms with Crippen LogP contribution in [0.5, 0.6) is 5.75 Å². The van der Waals surface area contributed by atoms with Gasteiger partial charge in [0.2, 0.25) is 0 Å². The van der Waals surface area contributed by atoms with E-state index in [2.05, 4.69) is 0 Å². The van der Waals surface area contributed by atoms with E-state index in [1.165, 1.54) is 0 Å². The van der Waals surface area contributed by atoms with Crippen molar-refractivity contribution in [2.45, 2.75) is 32.5 Å². The van der Waals surface area contributed by atoms with Crippen LogP contribution in [0, 0.1) is 0 Å². The van der Waals surface area contributed by atoms with Gasteiger partial charge in [0.1, 0.15) is 5.75 Å². The summed E-state index contributed by atoms with van der Waals surface area (Å²) in [5, 5.41) is 9.87. The van der Waals surface area contributed by atoms with Crippen LogP contribution in [0.3, 0.4) is 0 Å². The van der Waals surface area contributed by atoms with Gasteiger partial charge < -0.3 is 14.6 Å². The van der Waals surface area contributed by atoms with E-state index in [9.17, 15) is 9.90 Å². The fraction of sp³-hybridized carbons (Fsp3) is 0.462. The monoisotopic (exact) mass is 238 g/mol. The van der Waals surface area contributed by atoms with Crippen LogP contribution in [0.25, 0.3) is 0 Å². The number of methoxy groups -OCH3 is 1. The van der Waals surface area contributed by atoms with Crippen LogP contribution in [0.2, 0.25) is 0 Å². The molecular weight excluding hydrogens is 220 g/mol. The Labute approximate surface area is 101 Å². The van der Waals surface area contributed by atoms with Crippen molar-refractivity contribution in [2.75, 3.05) is 7.11 Å². The number of carbonyl (C=O) groups is 1. The first kappa shape index (κ1) is 13.5. The number of hydrogen-bond acceptors (Lipinski definition) is 4. The predicted molar refractivity (Wildman–Crippen MR) is 63.8 cm³/mol. The summed E-state index contributed by atoms with van der Waals surface area (Å²) in [6.45, 7) is 3.55. The average molecular weight is 238 g/mol. The molecule has 0 fully saturated rings. The number of esters is 1. The Bertz CT molecular complexity index is 373. The fourth-order valence-corrected chi connectivity index (χ4v) is 1.44. The van der Waals surface area contributed by atoms with Gasteiger partial charge in [0.05, 0.1) is 25.7 Å². The maximum absolute atomic E-state index is 11.4. The maximum atomic E-state index is 11.4. The van der Waals surface area contributed by atoms with E-state index in [0.717, 1.165) is 0 Å². The quantitative estimate of drug-likeness (QED) is 0.798. The minimum atomic E-state index is -0.864. The lowest BCUT2D eigenvalue weighted by Gasteiger charge is -2.13. The number of aliphatic hydroxyl groups excluding tert-OH is 1. The highest BCUT2D eigenvalue weighted by Gasteiger charge is 2.15. The van der Waals surface area contributed by atoms with Crippen LogP contribution >= 0.6 is 0 Å². The zero-order chi connectivity index (χ0) is 12.8. The minimum Gasteiger partial charge on any atom is -0.497 e. The molecule has 0 spiro atoms. The second-order valence-electron chi connectivity index (χ2n) is 4.04. The van der Waals surface area contributed by atoms with Crippen molar-refractivity contribution >= 4 is 5.97 Å². The van der Waals surface area contributed by atoms with Crippen LogP contribution in [-0.2, 0) is 9.53 Å². The fourth-order valence-electron chi connectivity index (χ4n) is 1.44. The van der Waals surface area contributed by atoms with Gasteiger partial charge in [-0.1, -0.05) is 12.1 Å². The molecule has 94 valence electrons. The molecule has 0 bridgehead atoms. The summed E-state index contributed by atoms with van der Waals surface area (Å²) in [7, 11) is 1.55. The average Bonchev–Trinajstić information content (AvgIpc) is 2.27. The van der Waals surface area contributed by atoms with Crippen LogP contribution in [0.15, 0.2) is 24.3 Å². The molecule has 0 aliphatic heterocycles.